The average molecular weight is 935 g/mol. The van der Waals surface area contributed by atoms with Crippen molar-refractivity contribution in [1.82, 2.24) is 19.9 Å². The smallest absolute Gasteiger partial charge is 0.130 e. The number of rotatable bonds is 18. The molecule has 0 saturated heterocycles. The summed E-state index contributed by atoms with van der Waals surface area (Å²) in [4.78, 5) is 23.0. The fourth-order valence-corrected chi connectivity index (χ4v) is 11.7. The summed E-state index contributed by atoms with van der Waals surface area (Å²) in [7, 11) is 0. The van der Waals surface area contributed by atoms with E-state index in [-0.39, 0.29) is 0 Å². The first kappa shape index (κ1) is 44.3. The van der Waals surface area contributed by atoms with Gasteiger partial charge in [-0.1, -0.05) is 125 Å². The van der Waals surface area contributed by atoms with Gasteiger partial charge >= 0.3 is 0 Å². The maximum atomic E-state index is 6.29. The number of unbranched alkanes of at least 4 members (excludes halogenated alkanes) is 6. The van der Waals surface area contributed by atoms with Crippen LogP contribution in [0.5, 0.6) is 11.5 Å². The van der Waals surface area contributed by atoms with Gasteiger partial charge in [0.05, 0.1) is 40.9 Å². The molecule has 6 aromatic heterocycles. The second-order valence-corrected chi connectivity index (χ2v) is 19.8. The number of H-pyrrole nitrogens is 2. The van der Waals surface area contributed by atoms with E-state index >= 15 is 0 Å². The molecule has 2 aliphatic rings. The molecule has 67 heavy (non-hydrogen) atoms. The SMILES string of the molecule is CCCCCCOc1csc(-c2cc(/C=C/c3c4nc(c(-c5ccccc5)c5ccc(cc6nc(c(-c7ccccc7)c7ccc3[nH]7)C=C6)[nH]5)C=C4)c(-c3cc(OCCCCCC)cs3)s2)c1. The molecule has 336 valence electrons. The molecule has 8 bridgehead atoms. The van der Waals surface area contributed by atoms with Crippen molar-refractivity contribution in [3.63, 3.8) is 0 Å². The van der Waals surface area contributed by atoms with Gasteiger partial charge in [-0.05, 0) is 102 Å². The Bertz CT molecular complexity index is 3200. The maximum Gasteiger partial charge on any atom is 0.130 e. The van der Waals surface area contributed by atoms with Crippen molar-refractivity contribution in [2.45, 2.75) is 65.2 Å². The minimum Gasteiger partial charge on any atom is -0.493 e. The molecule has 9 heteroatoms. The molecule has 8 aromatic rings. The molecule has 2 N–H and O–H groups in total. The number of aromatic nitrogens is 4. The Labute approximate surface area is 405 Å². The highest BCUT2D eigenvalue weighted by atomic mass is 32.1. The number of hydrogen-bond acceptors (Lipinski definition) is 7. The summed E-state index contributed by atoms with van der Waals surface area (Å²) in [6, 6.07) is 38.5. The van der Waals surface area contributed by atoms with Gasteiger partial charge in [0.1, 0.15) is 11.5 Å². The molecule has 0 aliphatic carbocycles. The number of thiophene rings is 3. The van der Waals surface area contributed by atoms with Crippen LogP contribution in [-0.4, -0.2) is 33.1 Å². The first-order valence-corrected chi connectivity index (χ1v) is 26.2. The standard InChI is InChI=1S/C58H54N4O2S3/c1-3-5-7-15-31-63-44-35-53(65-37-44)54-33-41(58(67-54)55-36-45(38-66-55)64-32-16-8-6-4-2)21-24-46-47-27-29-51(61-47)56(39-17-11-9-12-18-39)49-25-22-42(59-49)34-43-23-26-50(60-43)57(40-19-13-10-14-20-40)52-30-28-48(46)62-52/h9-14,17-30,33-38,59,62H,3-8,15-16,31-32H2,1-2H3/b24-21+,42-34?,43-34?,47-46?,48-46?,56-49?,56-51?,57-50?,57-52?. The molecule has 6 nitrogen and oxygen atoms in total. The molecule has 0 unspecified atom stereocenters. The molecule has 0 spiro atoms. The van der Waals surface area contributed by atoms with Gasteiger partial charge in [-0.2, -0.15) is 0 Å². The number of benzene rings is 2. The van der Waals surface area contributed by atoms with Gasteiger partial charge in [0.2, 0.25) is 0 Å². The third kappa shape index (κ3) is 10.2. The monoisotopic (exact) mass is 934 g/mol. The van der Waals surface area contributed by atoms with Crippen LogP contribution in [0, 0.1) is 0 Å². The second kappa shape index (κ2) is 21.0. The highest BCUT2D eigenvalue weighted by molar-refractivity contribution is 7.26. The first-order chi connectivity index (χ1) is 33.1. The quantitative estimate of drug-likeness (QED) is 0.0841. The van der Waals surface area contributed by atoms with Crippen LogP contribution >= 0.6 is 34.0 Å². The molecular formula is C58H54N4O2S3. The van der Waals surface area contributed by atoms with E-state index in [2.05, 4.69) is 180 Å². The van der Waals surface area contributed by atoms with E-state index in [4.69, 9.17) is 19.4 Å². The van der Waals surface area contributed by atoms with Gasteiger partial charge in [-0.15, -0.1) is 34.0 Å². The predicted octanol–water partition coefficient (Wildman–Crippen LogP) is 17.6. The Morgan fingerprint density at radius 3 is 1.82 bits per heavy atom. The normalized spacial score (nSPS) is 12.1. The van der Waals surface area contributed by atoms with Gasteiger partial charge in [0, 0.05) is 64.1 Å². The van der Waals surface area contributed by atoms with Crippen molar-refractivity contribution in [2.75, 3.05) is 13.2 Å². The third-order valence-electron chi connectivity index (χ3n) is 12.1. The zero-order chi connectivity index (χ0) is 45.4. The Kier molecular flexibility index (Phi) is 13.9. The molecule has 10 rings (SSSR count). The average Bonchev–Trinajstić information content (AvgIpc) is 4.21. The summed E-state index contributed by atoms with van der Waals surface area (Å²) in [5, 5.41) is 4.30. The van der Waals surface area contributed by atoms with Crippen LogP contribution in [0.3, 0.4) is 0 Å². The van der Waals surface area contributed by atoms with Crippen molar-refractivity contribution in [1.29, 1.82) is 0 Å². The lowest BCUT2D eigenvalue weighted by atomic mass is 10.0. The lowest BCUT2D eigenvalue weighted by Crippen LogP contribution is -1.95. The molecule has 8 heterocycles. The van der Waals surface area contributed by atoms with E-state index in [1.807, 2.05) is 11.3 Å². The number of ether oxygens (including phenoxy) is 2. The summed E-state index contributed by atoms with van der Waals surface area (Å²) < 4.78 is 12.5. The minimum atomic E-state index is 0.736. The van der Waals surface area contributed by atoms with Gasteiger partial charge < -0.3 is 19.4 Å². The highest BCUT2D eigenvalue weighted by Crippen LogP contribution is 2.45. The second-order valence-electron chi connectivity index (χ2n) is 17.0. The third-order valence-corrected chi connectivity index (χ3v) is 15.4. The summed E-state index contributed by atoms with van der Waals surface area (Å²) >= 11 is 5.31. The van der Waals surface area contributed by atoms with Crippen molar-refractivity contribution in [2.24, 2.45) is 0 Å². The van der Waals surface area contributed by atoms with Crippen molar-refractivity contribution in [3.8, 4) is 53.3 Å². The zero-order valence-electron chi connectivity index (χ0n) is 38.0. The Morgan fingerprint density at radius 2 is 1.12 bits per heavy atom. The van der Waals surface area contributed by atoms with Gasteiger partial charge in [0.15, 0.2) is 0 Å². The molecule has 0 saturated carbocycles. The molecule has 0 radical (unpaired) electrons. The van der Waals surface area contributed by atoms with Crippen LogP contribution in [0.25, 0.3) is 100 Å². The van der Waals surface area contributed by atoms with Gasteiger partial charge in [0.25, 0.3) is 0 Å². The number of nitrogens with zero attached hydrogens (tertiary/aromatic N) is 2. The molecule has 0 fully saturated rings. The van der Waals surface area contributed by atoms with E-state index in [0.717, 1.165) is 116 Å². The summed E-state index contributed by atoms with van der Waals surface area (Å²) in [6.45, 7) is 5.97. The largest absolute Gasteiger partial charge is 0.493 e. The Hall–Kier alpha value is -6.52. The van der Waals surface area contributed by atoms with Crippen LogP contribution in [0.2, 0.25) is 0 Å². The molecule has 2 aliphatic heterocycles. The van der Waals surface area contributed by atoms with Gasteiger partial charge in [-0.3, -0.25) is 0 Å². The molecule has 2 aromatic carbocycles. The lowest BCUT2D eigenvalue weighted by Gasteiger charge is -2.04. The maximum absolute atomic E-state index is 6.29. The van der Waals surface area contributed by atoms with Crippen molar-refractivity contribution >= 4 is 92.5 Å². The van der Waals surface area contributed by atoms with Crippen LogP contribution in [0.4, 0.5) is 0 Å². The summed E-state index contributed by atoms with van der Waals surface area (Å²) in [5.74, 6) is 1.88. The summed E-state index contributed by atoms with van der Waals surface area (Å²) in [5.41, 5.74) is 13.8. The van der Waals surface area contributed by atoms with Crippen molar-refractivity contribution < 1.29 is 9.47 Å². The van der Waals surface area contributed by atoms with Gasteiger partial charge in [-0.25, -0.2) is 9.97 Å². The summed E-state index contributed by atoms with van der Waals surface area (Å²) in [6.07, 6.45) is 22.5. The van der Waals surface area contributed by atoms with E-state index < -0.39 is 0 Å². The van der Waals surface area contributed by atoms with E-state index in [0.29, 0.717) is 0 Å². The van der Waals surface area contributed by atoms with Crippen LogP contribution in [-0.2, 0) is 0 Å². The lowest BCUT2D eigenvalue weighted by molar-refractivity contribution is 0.306. The molecule has 0 amide bonds. The predicted molar refractivity (Wildman–Crippen MR) is 289 cm³/mol. The Morgan fingerprint density at radius 1 is 0.522 bits per heavy atom. The van der Waals surface area contributed by atoms with Crippen molar-refractivity contribution in [3.05, 3.63) is 154 Å². The van der Waals surface area contributed by atoms with Crippen LogP contribution in [0.1, 0.15) is 99.1 Å². The minimum absolute atomic E-state index is 0.736. The van der Waals surface area contributed by atoms with E-state index in [9.17, 15) is 0 Å². The highest BCUT2D eigenvalue weighted by Gasteiger charge is 2.18. The Balaban J connectivity index is 1.13. The topological polar surface area (TPSA) is 75.8 Å². The first-order valence-electron chi connectivity index (χ1n) is 23.6. The van der Waals surface area contributed by atoms with E-state index in [1.54, 1.807) is 22.7 Å². The fraction of sp³-hybridized carbons (Fsp3) is 0.207. The van der Waals surface area contributed by atoms with Crippen LogP contribution < -0.4 is 9.47 Å². The molecule has 0 atom stereocenters. The van der Waals surface area contributed by atoms with Crippen LogP contribution in [0.15, 0.2) is 120 Å². The number of fused-ring (bicyclic) bond motifs is 8. The number of nitrogens with one attached hydrogen (secondary N) is 2. The fourth-order valence-electron chi connectivity index (χ4n) is 8.64. The number of aromatic amines is 2. The number of hydrogen-bond donors (Lipinski definition) is 2. The van der Waals surface area contributed by atoms with E-state index in [1.165, 1.54) is 58.0 Å². The zero-order valence-corrected chi connectivity index (χ0v) is 40.5. The molecular weight excluding hydrogens is 881 g/mol.